The van der Waals surface area contributed by atoms with Gasteiger partial charge in [-0.1, -0.05) is 23.7 Å². The summed E-state index contributed by atoms with van der Waals surface area (Å²) in [4.78, 5) is 8.68. The number of nitrogens with two attached hydrogens (primary N) is 1. The van der Waals surface area contributed by atoms with Gasteiger partial charge in [0, 0.05) is 23.0 Å². The minimum Gasteiger partial charge on any atom is -0.319 e. The molecule has 3 nitrogen and oxygen atoms in total. The zero-order chi connectivity index (χ0) is 11.9. The van der Waals surface area contributed by atoms with Gasteiger partial charge < -0.3 is 5.73 Å². The first-order chi connectivity index (χ1) is 8.17. The molecule has 86 valence electrons. The van der Waals surface area contributed by atoms with Gasteiger partial charge in [-0.15, -0.1) is 0 Å². The third-order valence-corrected chi connectivity index (χ3v) is 3.32. The van der Waals surface area contributed by atoms with Gasteiger partial charge in [-0.05, 0) is 30.5 Å². The molecule has 2 aromatic rings. The highest BCUT2D eigenvalue weighted by molar-refractivity contribution is 6.30. The second kappa shape index (κ2) is 3.79. The van der Waals surface area contributed by atoms with Crippen molar-refractivity contribution in [3.05, 3.63) is 47.5 Å². The van der Waals surface area contributed by atoms with Gasteiger partial charge in [0.2, 0.25) is 0 Å². The minimum absolute atomic E-state index is 0.265. The third kappa shape index (κ3) is 2.04. The molecule has 17 heavy (non-hydrogen) atoms. The van der Waals surface area contributed by atoms with Gasteiger partial charge in [-0.3, -0.25) is 0 Å². The molecule has 1 aliphatic rings. The molecular weight excluding hydrogens is 234 g/mol. The zero-order valence-corrected chi connectivity index (χ0v) is 9.98. The van der Waals surface area contributed by atoms with Crippen LogP contribution in [0.3, 0.4) is 0 Å². The Bertz CT molecular complexity index is 530. The van der Waals surface area contributed by atoms with Gasteiger partial charge in [-0.25, -0.2) is 9.97 Å². The largest absolute Gasteiger partial charge is 0.319 e. The average Bonchev–Trinajstić information content (AvgIpc) is 3.10. The Kier molecular flexibility index (Phi) is 2.38. The van der Waals surface area contributed by atoms with E-state index in [4.69, 9.17) is 17.3 Å². The van der Waals surface area contributed by atoms with Crippen LogP contribution in [0.2, 0.25) is 5.02 Å². The van der Waals surface area contributed by atoms with E-state index in [0.717, 1.165) is 34.8 Å². The number of hydrogen-bond donors (Lipinski definition) is 1. The van der Waals surface area contributed by atoms with Crippen molar-refractivity contribution in [3.63, 3.8) is 0 Å². The van der Waals surface area contributed by atoms with Crippen molar-refractivity contribution >= 4 is 11.6 Å². The Balaban J connectivity index is 1.91. The van der Waals surface area contributed by atoms with Crippen molar-refractivity contribution in [2.75, 3.05) is 0 Å². The number of hydrogen-bond acceptors (Lipinski definition) is 3. The average molecular weight is 246 g/mol. The van der Waals surface area contributed by atoms with Crippen LogP contribution in [0, 0.1) is 0 Å². The second-order valence-electron chi connectivity index (χ2n) is 4.46. The molecule has 0 spiro atoms. The first kappa shape index (κ1) is 10.7. The Morgan fingerprint density at radius 1 is 1.00 bits per heavy atom. The molecule has 0 unspecified atom stereocenters. The summed E-state index contributed by atoms with van der Waals surface area (Å²) in [5.74, 6) is 0.746. The summed E-state index contributed by atoms with van der Waals surface area (Å²) in [7, 11) is 0. The quantitative estimate of drug-likeness (QED) is 0.885. The first-order valence-corrected chi connectivity index (χ1v) is 5.93. The maximum absolute atomic E-state index is 6.03. The van der Waals surface area contributed by atoms with Crippen molar-refractivity contribution in [2.45, 2.75) is 18.4 Å². The van der Waals surface area contributed by atoms with Crippen LogP contribution in [0.5, 0.6) is 0 Å². The standard InChI is InChI=1S/C13H12ClN3/c14-11-3-1-9(2-4-11)10-7-16-12(17-8-10)13(15)5-6-13/h1-4,7-8H,5-6,15H2. The van der Waals surface area contributed by atoms with Crippen LogP contribution in [0.1, 0.15) is 18.7 Å². The van der Waals surface area contributed by atoms with Gasteiger partial charge >= 0.3 is 0 Å². The summed E-state index contributed by atoms with van der Waals surface area (Å²) in [5.41, 5.74) is 7.81. The number of benzene rings is 1. The second-order valence-corrected chi connectivity index (χ2v) is 4.89. The Labute approximate surface area is 105 Å². The first-order valence-electron chi connectivity index (χ1n) is 5.55. The predicted molar refractivity (Wildman–Crippen MR) is 67.6 cm³/mol. The van der Waals surface area contributed by atoms with Gasteiger partial charge in [0.15, 0.2) is 0 Å². The lowest BCUT2D eigenvalue weighted by molar-refractivity contribution is 0.672. The number of rotatable bonds is 2. The molecule has 1 aromatic carbocycles. The number of halogens is 1. The highest BCUT2D eigenvalue weighted by Crippen LogP contribution is 2.40. The van der Waals surface area contributed by atoms with E-state index in [0.29, 0.717) is 0 Å². The summed E-state index contributed by atoms with van der Waals surface area (Å²) < 4.78 is 0. The van der Waals surface area contributed by atoms with Crippen LogP contribution in [-0.4, -0.2) is 9.97 Å². The summed E-state index contributed by atoms with van der Waals surface area (Å²) in [6.07, 6.45) is 5.59. The smallest absolute Gasteiger partial charge is 0.148 e. The Hall–Kier alpha value is -1.45. The molecule has 0 atom stereocenters. The molecule has 0 amide bonds. The van der Waals surface area contributed by atoms with E-state index in [1.807, 2.05) is 36.7 Å². The molecule has 0 radical (unpaired) electrons. The molecule has 1 fully saturated rings. The molecule has 1 heterocycles. The van der Waals surface area contributed by atoms with Crippen molar-refractivity contribution in [1.82, 2.24) is 9.97 Å². The molecule has 1 saturated carbocycles. The van der Waals surface area contributed by atoms with Gasteiger partial charge in [0.1, 0.15) is 5.82 Å². The van der Waals surface area contributed by atoms with Crippen LogP contribution >= 0.6 is 11.6 Å². The van der Waals surface area contributed by atoms with Crippen molar-refractivity contribution < 1.29 is 0 Å². The number of nitrogens with zero attached hydrogens (tertiary/aromatic N) is 2. The molecule has 0 aliphatic heterocycles. The molecule has 0 saturated heterocycles. The molecule has 2 N–H and O–H groups in total. The fourth-order valence-electron chi connectivity index (χ4n) is 1.73. The maximum atomic E-state index is 6.03. The molecule has 1 aliphatic carbocycles. The number of aromatic nitrogens is 2. The summed E-state index contributed by atoms with van der Waals surface area (Å²) >= 11 is 5.84. The van der Waals surface area contributed by atoms with E-state index < -0.39 is 0 Å². The van der Waals surface area contributed by atoms with Crippen molar-refractivity contribution in [2.24, 2.45) is 5.73 Å². The Morgan fingerprint density at radius 2 is 1.59 bits per heavy atom. The molecular formula is C13H12ClN3. The van der Waals surface area contributed by atoms with Gasteiger partial charge in [0.25, 0.3) is 0 Å². The van der Waals surface area contributed by atoms with Crippen LogP contribution in [0.15, 0.2) is 36.7 Å². The lowest BCUT2D eigenvalue weighted by Gasteiger charge is -2.07. The molecule has 3 rings (SSSR count). The fourth-order valence-corrected chi connectivity index (χ4v) is 1.86. The van der Waals surface area contributed by atoms with E-state index in [2.05, 4.69) is 9.97 Å². The van der Waals surface area contributed by atoms with E-state index in [1.54, 1.807) is 0 Å². The van der Waals surface area contributed by atoms with Crippen LogP contribution in [0.4, 0.5) is 0 Å². The summed E-state index contributed by atoms with van der Waals surface area (Å²) in [6.45, 7) is 0. The lowest BCUT2D eigenvalue weighted by Crippen LogP contribution is -2.21. The van der Waals surface area contributed by atoms with Gasteiger partial charge in [0.05, 0.1) is 5.54 Å². The van der Waals surface area contributed by atoms with E-state index in [-0.39, 0.29) is 5.54 Å². The van der Waals surface area contributed by atoms with Crippen molar-refractivity contribution in [3.8, 4) is 11.1 Å². The Morgan fingerprint density at radius 3 is 2.12 bits per heavy atom. The highest BCUT2D eigenvalue weighted by atomic mass is 35.5. The minimum atomic E-state index is -0.265. The van der Waals surface area contributed by atoms with E-state index in [9.17, 15) is 0 Å². The maximum Gasteiger partial charge on any atom is 0.148 e. The highest BCUT2D eigenvalue weighted by Gasteiger charge is 2.42. The monoisotopic (exact) mass is 245 g/mol. The summed E-state index contributed by atoms with van der Waals surface area (Å²) in [6, 6.07) is 7.62. The fraction of sp³-hybridized carbons (Fsp3) is 0.231. The van der Waals surface area contributed by atoms with Crippen molar-refractivity contribution in [1.29, 1.82) is 0 Å². The molecule has 0 bridgehead atoms. The topological polar surface area (TPSA) is 51.8 Å². The van der Waals surface area contributed by atoms with Crippen LogP contribution in [0.25, 0.3) is 11.1 Å². The van der Waals surface area contributed by atoms with E-state index in [1.165, 1.54) is 0 Å². The SMILES string of the molecule is NC1(c2ncc(-c3ccc(Cl)cc3)cn2)CC1. The zero-order valence-electron chi connectivity index (χ0n) is 9.23. The third-order valence-electron chi connectivity index (χ3n) is 3.06. The summed E-state index contributed by atoms with van der Waals surface area (Å²) in [5, 5.41) is 0.727. The molecule has 1 aromatic heterocycles. The predicted octanol–water partition coefficient (Wildman–Crippen LogP) is 2.74. The van der Waals surface area contributed by atoms with Crippen LogP contribution < -0.4 is 5.73 Å². The van der Waals surface area contributed by atoms with Crippen LogP contribution in [-0.2, 0) is 5.54 Å². The lowest BCUT2D eigenvalue weighted by atomic mass is 10.1. The van der Waals surface area contributed by atoms with Gasteiger partial charge in [-0.2, -0.15) is 0 Å². The van der Waals surface area contributed by atoms with E-state index >= 15 is 0 Å². The normalized spacial score (nSPS) is 16.8. The molecule has 4 heteroatoms.